The van der Waals surface area contributed by atoms with Crippen LogP contribution in [0, 0.1) is 12.8 Å². The van der Waals surface area contributed by atoms with Gasteiger partial charge >= 0.3 is 5.97 Å². The number of ether oxygens (including phenoxy) is 1. The van der Waals surface area contributed by atoms with Gasteiger partial charge in [0.2, 0.25) is 5.89 Å². The average molecular weight is 302 g/mol. The lowest BCUT2D eigenvalue weighted by molar-refractivity contribution is -0.142. The molecule has 3 rings (SSSR count). The van der Waals surface area contributed by atoms with E-state index in [0.29, 0.717) is 12.3 Å². The van der Waals surface area contributed by atoms with E-state index in [2.05, 4.69) is 9.88 Å². The molecule has 1 aliphatic rings. The van der Waals surface area contributed by atoms with E-state index in [0.717, 1.165) is 49.5 Å². The molecule has 0 aliphatic carbocycles. The number of carbonyl (C=O) groups is 1. The highest BCUT2D eigenvalue weighted by atomic mass is 16.5. The molecule has 2 aromatic rings. The second-order valence-electron chi connectivity index (χ2n) is 6.08. The molecule has 5 nitrogen and oxygen atoms in total. The molecular formula is C17H22N2O3. The molecule has 0 N–H and O–H groups in total. The van der Waals surface area contributed by atoms with Gasteiger partial charge in [0.15, 0.2) is 5.58 Å². The molecule has 1 fully saturated rings. The number of likely N-dealkylation sites (tertiary alicyclic amines) is 1. The van der Waals surface area contributed by atoms with Crippen LogP contribution in [0.5, 0.6) is 0 Å². The van der Waals surface area contributed by atoms with Gasteiger partial charge in [-0.1, -0.05) is 6.07 Å². The van der Waals surface area contributed by atoms with Crippen molar-refractivity contribution in [1.82, 2.24) is 9.88 Å². The SMILES string of the molecule is COC(=O)CC1CCN(Cc2nc3ccc(C)cc3o2)CC1. The first-order chi connectivity index (χ1) is 10.6. The van der Waals surface area contributed by atoms with Crippen molar-refractivity contribution in [3.05, 3.63) is 29.7 Å². The van der Waals surface area contributed by atoms with E-state index in [1.54, 1.807) is 0 Å². The number of rotatable bonds is 4. The molecule has 0 spiro atoms. The molecule has 0 unspecified atom stereocenters. The molecule has 0 bridgehead atoms. The molecule has 1 aliphatic heterocycles. The third-order valence-corrected chi connectivity index (χ3v) is 4.34. The highest BCUT2D eigenvalue weighted by molar-refractivity contribution is 5.73. The number of oxazole rings is 1. The summed E-state index contributed by atoms with van der Waals surface area (Å²) in [6.45, 7) is 4.73. The molecule has 1 aromatic carbocycles. The van der Waals surface area contributed by atoms with Gasteiger partial charge in [-0.3, -0.25) is 9.69 Å². The largest absolute Gasteiger partial charge is 0.469 e. The topological polar surface area (TPSA) is 55.6 Å². The molecule has 0 radical (unpaired) electrons. The second kappa shape index (κ2) is 6.48. The standard InChI is InChI=1S/C17H22N2O3/c1-12-3-4-14-15(9-12)22-16(18-14)11-19-7-5-13(6-8-19)10-17(20)21-2/h3-4,9,13H,5-8,10-11H2,1-2H3. The van der Waals surface area contributed by atoms with Gasteiger partial charge in [0.25, 0.3) is 0 Å². The van der Waals surface area contributed by atoms with Crippen molar-refractivity contribution in [2.45, 2.75) is 32.7 Å². The van der Waals surface area contributed by atoms with Gasteiger partial charge in [0, 0.05) is 6.42 Å². The highest BCUT2D eigenvalue weighted by Crippen LogP contribution is 2.23. The van der Waals surface area contributed by atoms with Crippen LogP contribution in [0.25, 0.3) is 11.1 Å². The Hall–Kier alpha value is -1.88. The molecular weight excluding hydrogens is 280 g/mol. The quantitative estimate of drug-likeness (QED) is 0.813. The molecule has 0 saturated carbocycles. The number of piperidine rings is 1. The third-order valence-electron chi connectivity index (χ3n) is 4.34. The normalized spacial score (nSPS) is 17.0. The number of methoxy groups -OCH3 is 1. The van der Waals surface area contributed by atoms with Crippen LogP contribution in [0.1, 0.15) is 30.7 Å². The summed E-state index contributed by atoms with van der Waals surface area (Å²) in [6, 6.07) is 6.07. The molecule has 0 atom stereocenters. The number of hydrogen-bond acceptors (Lipinski definition) is 5. The summed E-state index contributed by atoms with van der Waals surface area (Å²) in [5, 5.41) is 0. The van der Waals surface area contributed by atoms with Crippen molar-refractivity contribution in [3.8, 4) is 0 Å². The van der Waals surface area contributed by atoms with Crippen molar-refractivity contribution in [3.63, 3.8) is 0 Å². The zero-order valence-corrected chi connectivity index (χ0v) is 13.2. The average Bonchev–Trinajstić information content (AvgIpc) is 2.90. The number of benzene rings is 1. The summed E-state index contributed by atoms with van der Waals surface area (Å²) in [5.74, 6) is 1.11. The smallest absolute Gasteiger partial charge is 0.305 e. The summed E-state index contributed by atoms with van der Waals surface area (Å²) in [7, 11) is 1.45. The Kier molecular flexibility index (Phi) is 4.43. The van der Waals surface area contributed by atoms with Crippen LogP contribution in [-0.2, 0) is 16.1 Å². The summed E-state index contributed by atoms with van der Waals surface area (Å²) in [5.41, 5.74) is 2.95. The minimum atomic E-state index is -0.104. The van der Waals surface area contributed by atoms with E-state index in [4.69, 9.17) is 9.15 Å². The van der Waals surface area contributed by atoms with Crippen LogP contribution in [0.3, 0.4) is 0 Å². The molecule has 2 heterocycles. The highest BCUT2D eigenvalue weighted by Gasteiger charge is 2.22. The maximum Gasteiger partial charge on any atom is 0.305 e. The van der Waals surface area contributed by atoms with Gasteiger partial charge in [0.05, 0.1) is 13.7 Å². The van der Waals surface area contributed by atoms with Crippen molar-refractivity contribution in [2.24, 2.45) is 5.92 Å². The van der Waals surface area contributed by atoms with Crippen LogP contribution in [-0.4, -0.2) is 36.1 Å². The molecule has 1 aromatic heterocycles. The molecule has 0 amide bonds. The minimum absolute atomic E-state index is 0.104. The second-order valence-corrected chi connectivity index (χ2v) is 6.08. The van der Waals surface area contributed by atoms with Gasteiger partial charge in [-0.25, -0.2) is 4.98 Å². The predicted molar refractivity (Wildman–Crippen MR) is 83.4 cm³/mol. The van der Waals surface area contributed by atoms with Gasteiger partial charge < -0.3 is 9.15 Å². The lowest BCUT2D eigenvalue weighted by Crippen LogP contribution is -2.34. The number of fused-ring (bicyclic) bond motifs is 1. The van der Waals surface area contributed by atoms with E-state index < -0.39 is 0 Å². The first-order valence-electron chi connectivity index (χ1n) is 7.79. The van der Waals surface area contributed by atoms with Crippen molar-refractivity contribution >= 4 is 17.1 Å². The molecule has 1 saturated heterocycles. The maximum atomic E-state index is 11.3. The Labute approximate surface area is 130 Å². The Morgan fingerprint density at radius 3 is 2.91 bits per heavy atom. The van der Waals surface area contributed by atoms with Crippen LogP contribution < -0.4 is 0 Å². The summed E-state index contributed by atoms with van der Waals surface area (Å²) >= 11 is 0. The molecule has 22 heavy (non-hydrogen) atoms. The fourth-order valence-corrected chi connectivity index (χ4v) is 3.01. The Morgan fingerprint density at radius 2 is 2.18 bits per heavy atom. The lowest BCUT2D eigenvalue weighted by atomic mass is 9.94. The first kappa shape index (κ1) is 15.0. The van der Waals surface area contributed by atoms with Gasteiger partial charge in [-0.05, 0) is 56.5 Å². The van der Waals surface area contributed by atoms with Crippen LogP contribution >= 0.6 is 0 Å². The first-order valence-corrected chi connectivity index (χ1v) is 7.79. The summed E-state index contributed by atoms with van der Waals surface area (Å²) in [6.07, 6.45) is 2.58. The fraction of sp³-hybridized carbons (Fsp3) is 0.529. The monoisotopic (exact) mass is 302 g/mol. The van der Waals surface area contributed by atoms with E-state index in [1.165, 1.54) is 12.7 Å². The van der Waals surface area contributed by atoms with Gasteiger partial charge in [-0.15, -0.1) is 0 Å². The van der Waals surface area contributed by atoms with Gasteiger partial charge in [0.1, 0.15) is 5.52 Å². The van der Waals surface area contributed by atoms with E-state index in [-0.39, 0.29) is 5.97 Å². The maximum absolute atomic E-state index is 11.3. The van der Waals surface area contributed by atoms with Crippen LogP contribution in [0.4, 0.5) is 0 Å². The van der Waals surface area contributed by atoms with Crippen molar-refractivity contribution < 1.29 is 13.9 Å². The summed E-state index contributed by atoms with van der Waals surface area (Å²) in [4.78, 5) is 18.2. The Bertz CT molecular complexity index is 657. The molecule has 118 valence electrons. The number of carbonyl (C=O) groups excluding carboxylic acids is 1. The fourth-order valence-electron chi connectivity index (χ4n) is 3.01. The van der Waals surface area contributed by atoms with E-state index in [9.17, 15) is 4.79 Å². The predicted octanol–water partition coefficient (Wildman–Crippen LogP) is 2.91. The Balaban J connectivity index is 1.56. The number of aromatic nitrogens is 1. The van der Waals surface area contributed by atoms with Crippen molar-refractivity contribution in [1.29, 1.82) is 0 Å². The lowest BCUT2D eigenvalue weighted by Gasteiger charge is -2.30. The Morgan fingerprint density at radius 1 is 1.41 bits per heavy atom. The van der Waals surface area contributed by atoms with Crippen LogP contribution in [0.2, 0.25) is 0 Å². The third kappa shape index (κ3) is 3.47. The van der Waals surface area contributed by atoms with Crippen molar-refractivity contribution in [2.75, 3.05) is 20.2 Å². The zero-order chi connectivity index (χ0) is 15.5. The number of hydrogen-bond donors (Lipinski definition) is 0. The number of nitrogens with zero attached hydrogens (tertiary/aromatic N) is 2. The molecule has 5 heteroatoms. The summed E-state index contributed by atoms with van der Waals surface area (Å²) < 4.78 is 10.6. The minimum Gasteiger partial charge on any atom is -0.469 e. The van der Waals surface area contributed by atoms with E-state index in [1.807, 2.05) is 25.1 Å². The number of aryl methyl sites for hydroxylation is 1. The van der Waals surface area contributed by atoms with E-state index >= 15 is 0 Å². The van der Waals surface area contributed by atoms with Gasteiger partial charge in [-0.2, -0.15) is 0 Å². The van der Waals surface area contributed by atoms with Crippen LogP contribution in [0.15, 0.2) is 22.6 Å². The number of esters is 1. The zero-order valence-electron chi connectivity index (χ0n) is 13.2.